The number of hydrogen-bond acceptors (Lipinski definition) is 10. The zero-order valence-corrected chi connectivity index (χ0v) is 26.8. The number of methoxy groups -OCH3 is 4. The summed E-state index contributed by atoms with van der Waals surface area (Å²) in [6.07, 6.45) is 3.32. The van der Waals surface area contributed by atoms with Gasteiger partial charge in [-0.05, 0) is 73.4 Å². The van der Waals surface area contributed by atoms with Crippen molar-refractivity contribution in [2.24, 2.45) is 11.0 Å². The Morgan fingerprint density at radius 2 is 1.70 bits per heavy atom. The maximum atomic E-state index is 13.9. The van der Waals surface area contributed by atoms with Crippen molar-refractivity contribution in [2.75, 3.05) is 46.5 Å². The summed E-state index contributed by atoms with van der Waals surface area (Å²) in [5, 5.41) is 6.05. The Hall–Kier alpha value is -4.20. The summed E-state index contributed by atoms with van der Waals surface area (Å²) in [5.74, 6) is 1.75. The number of piperidine rings is 1. The smallest absolute Gasteiger partial charge is 0.280 e. The molecule has 1 atom stereocenters. The summed E-state index contributed by atoms with van der Waals surface area (Å²) in [6.45, 7) is 3.02. The number of carbonyl (C=O) groups excluding carboxylic acids is 1. The van der Waals surface area contributed by atoms with Crippen LogP contribution in [0.2, 0.25) is 0 Å². The van der Waals surface area contributed by atoms with Crippen LogP contribution < -0.4 is 24.0 Å². The van der Waals surface area contributed by atoms with Crippen LogP contribution >= 0.6 is 11.3 Å². The molecule has 44 heavy (non-hydrogen) atoms. The van der Waals surface area contributed by atoms with Gasteiger partial charge in [0.05, 0.1) is 49.8 Å². The second-order valence-corrected chi connectivity index (χ2v) is 13.2. The average molecular weight is 639 g/mol. The van der Waals surface area contributed by atoms with Crippen LogP contribution in [0.4, 0.5) is 5.13 Å². The van der Waals surface area contributed by atoms with Gasteiger partial charge in [-0.3, -0.25) is 4.79 Å². The molecule has 3 aromatic carbocycles. The lowest BCUT2D eigenvalue weighted by atomic mass is 10.0. The van der Waals surface area contributed by atoms with E-state index in [1.807, 2.05) is 6.07 Å². The fourth-order valence-corrected chi connectivity index (χ4v) is 7.55. The van der Waals surface area contributed by atoms with E-state index in [4.69, 9.17) is 18.9 Å². The lowest BCUT2D eigenvalue weighted by Crippen LogP contribution is -2.39. The second kappa shape index (κ2) is 13.2. The van der Waals surface area contributed by atoms with E-state index in [0.29, 0.717) is 58.2 Å². The first-order valence-electron chi connectivity index (χ1n) is 13.9. The molecular formula is C31H34N4O7S2. The highest BCUT2D eigenvalue weighted by molar-refractivity contribution is 7.89. The molecule has 0 radical (unpaired) electrons. The van der Waals surface area contributed by atoms with Crippen LogP contribution in [-0.4, -0.2) is 71.4 Å². The highest BCUT2D eigenvalue weighted by atomic mass is 32.2. The topological polar surface area (TPSA) is 120 Å². The van der Waals surface area contributed by atoms with Gasteiger partial charge in [0.2, 0.25) is 20.9 Å². The molecule has 1 fully saturated rings. The third-order valence-electron chi connectivity index (χ3n) is 7.33. The predicted octanol–water partition coefficient (Wildman–Crippen LogP) is 5.43. The summed E-state index contributed by atoms with van der Waals surface area (Å²) in [4.78, 5) is 18.7. The van der Waals surface area contributed by atoms with E-state index in [9.17, 15) is 13.2 Å². The molecular weight excluding hydrogens is 604 g/mol. The lowest BCUT2D eigenvalue weighted by molar-refractivity contribution is 0.0987. The van der Waals surface area contributed by atoms with E-state index in [1.165, 1.54) is 72.5 Å². The van der Waals surface area contributed by atoms with Crippen LogP contribution in [0.3, 0.4) is 0 Å². The van der Waals surface area contributed by atoms with E-state index in [0.717, 1.165) is 17.5 Å². The number of hydrogen-bond donors (Lipinski definition) is 0. The standard InChI is InChI=1S/C31H34N4O7S2/c1-20-7-6-14-34(19-20)44(37,38)24-11-8-22(9-12-24)30(36)35(31-33-25-13-10-23(39-2)17-28(25)43-31)32-18-21-15-26(40-3)29(42-5)27(16-21)41-4/h8-13,15-18,20H,6-7,14,19H2,1-5H3/b32-18+. The van der Waals surface area contributed by atoms with Gasteiger partial charge in [0.25, 0.3) is 5.91 Å². The van der Waals surface area contributed by atoms with Gasteiger partial charge >= 0.3 is 0 Å². The molecule has 1 aromatic heterocycles. The van der Waals surface area contributed by atoms with Crippen molar-refractivity contribution in [3.63, 3.8) is 0 Å². The maximum absolute atomic E-state index is 13.9. The number of aromatic nitrogens is 1. The first-order valence-corrected chi connectivity index (χ1v) is 16.2. The van der Waals surface area contributed by atoms with Gasteiger partial charge in [-0.25, -0.2) is 13.4 Å². The molecule has 1 unspecified atom stereocenters. The van der Waals surface area contributed by atoms with Gasteiger partial charge in [-0.2, -0.15) is 14.4 Å². The minimum absolute atomic E-state index is 0.141. The Kier molecular flexibility index (Phi) is 9.37. The normalized spacial score (nSPS) is 15.8. The van der Waals surface area contributed by atoms with Gasteiger partial charge < -0.3 is 18.9 Å². The fourth-order valence-electron chi connectivity index (χ4n) is 5.00. The number of hydrazone groups is 1. The van der Waals surface area contributed by atoms with Crippen molar-refractivity contribution in [3.8, 4) is 23.0 Å². The largest absolute Gasteiger partial charge is 0.497 e. The zero-order chi connectivity index (χ0) is 31.4. The number of benzene rings is 3. The molecule has 11 nitrogen and oxygen atoms in total. The molecule has 0 saturated carbocycles. The SMILES string of the molecule is COc1ccc2nc(N(/N=C/c3cc(OC)c(OC)c(OC)c3)C(=O)c3ccc(S(=O)(=O)N4CCCC(C)C4)cc3)sc2c1. The van der Waals surface area contributed by atoms with E-state index in [1.54, 1.807) is 31.4 Å². The van der Waals surface area contributed by atoms with Crippen LogP contribution in [0.25, 0.3) is 10.2 Å². The number of amides is 1. The summed E-state index contributed by atoms with van der Waals surface area (Å²) in [6, 6.07) is 14.8. The third-order valence-corrected chi connectivity index (χ3v) is 10.2. The quantitative estimate of drug-likeness (QED) is 0.167. The molecule has 5 rings (SSSR count). The van der Waals surface area contributed by atoms with Crippen LogP contribution in [0, 0.1) is 5.92 Å². The van der Waals surface area contributed by atoms with E-state index in [2.05, 4.69) is 17.0 Å². The second-order valence-electron chi connectivity index (χ2n) is 10.3. The lowest BCUT2D eigenvalue weighted by Gasteiger charge is -2.30. The third kappa shape index (κ3) is 6.35. The Morgan fingerprint density at radius 1 is 1.00 bits per heavy atom. The number of sulfonamides is 1. The molecule has 1 saturated heterocycles. The number of nitrogens with zero attached hydrogens (tertiary/aromatic N) is 4. The van der Waals surface area contributed by atoms with E-state index >= 15 is 0 Å². The summed E-state index contributed by atoms with van der Waals surface area (Å²) in [7, 11) is 2.44. The van der Waals surface area contributed by atoms with E-state index < -0.39 is 15.9 Å². The summed E-state index contributed by atoms with van der Waals surface area (Å²) < 4.78 is 50.6. The van der Waals surface area contributed by atoms with Gasteiger partial charge in [-0.15, -0.1) is 0 Å². The Bertz CT molecular complexity index is 1760. The molecule has 232 valence electrons. The summed E-state index contributed by atoms with van der Waals surface area (Å²) in [5.41, 5.74) is 1.50. The van der Waals surface area contributed by atoms with Crippen molar-refractivity contribution < 1.29 is 32.2 Å². The number of anilines is 1. The number of fused-ring (bicyclic) bond motifs is 1. The van der Waals surface area contributed by atoms with Gasteiger partial charge in [0, 0.05) is 24.2 Å². The van der Waals surface area contributed by atoms with Crippen molar-refractivity contribution in [1.82, 2.24) is 9.29 Å². The minimum atomic E-state index is -3.68. The zero-order valence-electron chi connectivity index (χ0n) is 25.1. The molecule has 2 heterocycles. The Balaban J connectivity index is 1.51. The molecule has 0 N–H and O–H groups in total. The number of rotatable bonds is 10. The fraction of sp³-hybridized carbons (Fsp3) is 0.323. The van der Waals surface area contributed by atoms with Gasteiger partial charge in [-0.1, -0.05) is 18.3 Å². The molecule has 1 aliphatic heterocycles. The van der Waals surface area contributed by atoms with Gasteiger partial charge in [0.1, 0.15) is 5.75 Å². The van der Waals surface area contributed by atoms with Crippen LogP contribution in [0.5, 0.6) is 23.0 Å². The van der Waals surface area contributed by atoms with E-state index in [-0.39, 0.29) is 10.5 Å². The highest BCUT2D eigenvalue weighted by Crippen LogP contribution is 2.38. The van der Waals surface area contributed by atoms with Crippen LogP contribution in [0.1, 0.15) is 35.7 Å². The van der Waals surface area contributed by atoms with Crippen molar-refractivity contribution in [2.45, 2.75) is 24.7 Å². The number of carbonyl (C=O) groups is 1. The molecule has 0 spiro atoms. The maximum Gasteiger partial charge on any atom is 0.280 e. The molecule has 13 heteroatoms. The van der Waals surface area contributed by atoms with Crippen LogP contribution in [-0.2, 0) is 10.0 Å². The van der Waals surface area contributed by atoms with Gasteiger partial charge in [0.15, 0.2) is 11.5 Å². The number of ether oxygens (including phenoxy) is 4. The molecule has 4 aromatic rings. The predicted molar refractivity (Wildman–Crippen MR) is 170 cm³/mol. The minimum Gasteiger partial charge on any atom is -0.497 e. The highest BCUT2D eigenvalue weighted by Gasteiger charge is 2.29. The molecule has 1 amide bonds. The van der Waals surface area contributed by atoms with Crippen molar-refractivity contribution >= 4 is 48.8 Å². The first-order chi connectivity index (χ1) is 21.2. The first kappa shape index (κ1) is 31.2. The van der Waals surface area contributed by atoms with Crippen molar-refractivity contribution in [1.29, 1.82) is 0 Å². The Labute approximate surface area is 260 Å². The monoisotopic (exact) mass is 638 g/mol. The average Bonchev–Trinajstić information content (AvgIpc) is 3.47. The molecule has 0 bridgehead atoms. The Morgan fingerprint density at radius 3 is 2.32 bits per heavy atom. The van der Waals surface area contributed by atoms with Crippen molar-refractivity contribution in [3.05, 3.63) is 65.7 Å². The van der Waals surface area contributed by atoms with Crippen LogP contribution in [0.15, 0.2) is 64.6 Å². The summed E-state index contributed by atoms with van der Waals surface area (Å²) >= 11 is 1.27. The molecule has 1 aliphatic rings. The molecule has 0 aliphatic carbocycles. The number of thiazole rings is 1.